The van der Waals surface area contributed by atoms with Crippen molar-refractivity contribution >= 4 is 5.91 Å². The first-order chi connectivity index (χ1) is 11.8. The molecule has 5 nitrogen and oxygen atoms in total. The van der Waals surface area contributed by atoms with Crippen molar-refractivity contribution < 1.29 is 9.53 Å². The van der Waals surface area contributed by atoms with Gasteiger partial charge < -0.3 is 20.3 Å². The number of fused-ring (bicyclic) bond motifs is 3. The van der Waals surface area contributed by atoms with E-state index in [1.165, 1.54) is 5.56 Å². The first-order valence-electron chi connectivity index (χ1n) is 9.29. The second kappa shape index (κ2) is 5.46. The van der Waals surface area contributed by atoms with Gasteiger partial charge >= 0.3 is 0 Å². The fourth-order valence-electron chi connectivity index (χ4n) is 4.90. The number of ether oxygens (including phenoxy) is 1. The van der Waals surface area contributed by atoms with Gasteiger partial charge in [0, 0.05) is 35.7 Å². The van der Waals surface area contributed by atoms with Gasteiger partial charge in [0.2, 0.25) is 0 Å². The normalized spacial score (nSPS) is 27.9. The van der Waals surface area contributed by atoms with E-state index in [-0.39, 0.29) is 11.3 Å². The van der Waals surface area contributed by atoms with Crippen LogP contribution in [0.3, 0.4) is 0 Å². The zero-order chi connectivity index (χ0) is 16.1. The van der Waals surface area contributed by atoms with E-state index in [4.69, 9.17) is 4.74 Å². The molecule has 1 aromatic carbocycles. The zero-order valence-electron chi connectivity index (χ0n) is 14.1. The maximum atomic E-state index is 13.0. The highest BCUT2D eigenvalue weighted by Gasteiger charge is 2.44. The SMILES string of the molecule is O=C1c2cc3c(cc2CN1C1CCCNC1)OCC31CCNCC1. The second-order valence-electron chi connectivity index (χ2n) is 7.76. The predicted molar refractivity (Wildman–Crippen MR) is 91.5 cm³/mol. The van der Waals surface area contributed by atoms with Crippen molar-refractivity contribution in [1.29, 1.82) is 0 Å². The van der Waals surface area contributed by atoms with Crippen molar-refractivity contribution in [2.75, 3.05) is 32.8 Å². The molecule has 0 bridgehead atoms. The molecule has 4 aliphatic rings. The molecule has 5 heteroatoms. The summed E-state index contributed by atoms with van der Waals surface area (Å²) in [6, 6.07) is 4.65. The van der Waals surface area contributed by atoms with Crippen LogP contribution in [0, 0.1) is 0 Å². The summed E-state index contributed by atoms with van der Waals surface area (Å²) in [5, 5.41) is 6.87. The third-order valence-electron chi connectivity index (χ3n) is 6.38. The number of carbonyl (C=O) groups is 1. The van der Waals surface area contributed by atoms with Crippen LogP contribution in [0.1, 0.15) is 47.2 Å². The maximum Gasteiger partial charge on any atom is 0.254 e. The van der Waals surface area contributed by atoms with Crippen molar-refractivity contribution in [3.63, 3.8) is 0 Å². The number of rotatable bonds is 1. The third kappa shape index (κ3) is 2.11. The molecular weight excluding hydrogens is 302 g/mol. The summed E-state index contributed by atoms with van der Waals surface area (Å²) in [6.45, 7) is 5.58. The fraction of sp³-hybridized carbons (Fsp3) is 0.632. The number of nitrogens with one attached hydrogen (secondary N) is 2. The number of piperidine rings is 2. The van der Waals surface area contributed by atoms with Crippen LogP contribution < -0.4 is 15.4 Å². The molecule has 128 valence electrons. The van der Waals surface area contributed by atoms with Crippen LogP contribution in [-0.2, 0) is 12.0 Å². The number of hydrogen-bond acceptors (Lipinski definition) is 4. The minimum atomic E-state index is 0.121. The molecule has 1 aromatic rings. The molecular formula is C19H25N3O2. The van der Waals surface area contributed by atoms with Crippen LogP contribution in [0.2, 0.25) is 0 Å². The first-order valence-corrected chi connectivity index (χ1v) is 9.29. The molecule has 0 aliphatic carbocycles. The van der Waals surface area contributed by atoms with E-state index >= 15 is 0 Å². The molecule has 1 spiro atoms. The van der Waals surface area contributed by atoms with Crippen LogP contribution in [0.15, 0.2) is 12.1 Å². The minimum Gasteiger partial charge on any atom is -0.492 e. The average molecular weight is 327 g/mol. The molecule has 4 heterocycles. The topological polar surface area (TPSA) is 53.6 Å². The van der Waals surface area contributed by atoms with Crippen molar-refractivity contribution in [1.82, 2.24) is 15.5 Å². The molecule has 1 atom stereocenters. The molecule has 2 saturated heterocycles. The van der Waals surface area contributed by atoms with E-state index in [1.807, 2.05) is 0 Å². The first kappa shape index (κ1) is 14.7. The Morgan fingerprint density at radius 1 is 1.17 bits per heavy atom. The highest BCUT2D eigenvalue weighted by Crippen LogP contribution is 2.46. The lowest BCUT2D eigenvalue weighted by atomic mass is 9.74. The Morgan fingerprint density at radius 2 is 2.04 bits per heavy atom. The number of nitrogens with zero attached hydrogens (tertiary/aromatic N) is 1. The molecule has 0 saturated carbocycles. The van der Waals surface area contributed by atoms with E-state index in [2.05, 4.69) is 27.7 Å². The van der Waals surface area contributed by atoms with Crippen molar-refractivity contribution in [2.45, 2.75) is 43.7 Å². The van der Waals surface area contributed by atoms with E-state index in [0.29, 0.717) is 6.04 Å². The predicted octanol–water partition coefficient (Wildman–Crippen LogP) is 1.41. The Bertz CT molecular complexity index is 675. The molecule has 1 amide bonds. The highest BCUT2D eigenvalue weighted by molar-refractivity contribution is 5.99. The summed E-state index contributed by atoms with van der Waals surface area (Å²) in [5.74, 6) is 1.24. The summed E-state index contributed by atoms with van der Waals surface area (Å²) in [6.07, 6.45) is 4.46. The van der Waals surface area contributed by atoms with Crippen molar-refractivity contribution in [3.8, 4) is 5.75 Å². The zero-order valence-corrected chi connectivity index (χ0v) is 14.1. The largest absolute Gasteiger partial charge is 0.492 e. The fourth-order valence-corrected chi connectivity index (χ4v) is 4.90. The van der Waals surface area contributed by atoms with Gasteiger partial charge in [-0.05, 0) is 63.0 Å². The number of carbonyl (C=O) groups excluding carboxylic acids is 1. The number of hydrogen-bond donors (Lipinski definition) is 2. The van der Waals surface area contributed by atoms with Crippen LogP contribution in [0.4, 0.5) is 0 Å². The Kier molecular flexibility index (Phi) is 3.35. The molecule has 0 aromatic heterocycles. The summed E-state index contributed by atoms with van der Waals surface area (Å²) < 4.78 is 6.06. The monoisotopic (exact) mass is 327 g/mol. The van der Waals surface area contributed by atoms with E-state index in [1.54, 1.807) is 0 Å². The van der Waals surface area contributed by atoms with Crippen LogP contribution in [-0.4, -0.2) is 49.6 Å². The van der Waals surface area contributed by atoms with E-state index < -0.39 is 0 Å². The van der Waals surface area contributed by atoms with Gasteiger partial charge in [0.25, 0.3) is 5.91 Å². The highest BCUT2D eigenvalue weighted by atomic mass is 16.5. The van der Waals surface area contributed by atoms with Gasteiger partial charge in [0.05, 0.1) is 6.61 Å². The lowest BCUT2D eigenvalue weighted by Gasteiger charge is -2.32. The van der Waals surface area contributed by atoms with Gasteiger partial charge in [-0.3, -0.25) is 4.79 Å². The van der Waals surface area contributed by atoms with E-state index in [0.717, 1.165) is 81.9 Å². The smallest absolute Gasteiger partial charge is 0.254 e. The van der Waals surface area contributed by atoms with Crippen LogP contribution in [0.5, 0.6) is 5.75 Å². The quantitative estimate of drug-likeness (QED) is 0.819. The standard InChI is InChI=1S/C19H25N3O2/c23-18-15-9-16-17(24-12-19(16)3-6-20-7-4-19)8-13(15)11-22(18)14-2-1-5-21-10-14/h8-9,14,20-21H,1-7,10-12H2. The Labute approximate surface area is 142 Å². The average Bonchev–Trinajstić information content (AvgIpc) is 3.14. The summed E-state index contributed by atoms with van der Waals surface area (Å²) in [4.78, 5) is 15.1. The molecule has 4 aliphatic heterocycles. The van der Waals surface area contributed by atoms with Crippen LogP contribution >= 0.6 is 0 Å². The summed E-state index contributed by atoms with van der Waals surface area (Å²) in [7, 11) is 0. The van der Waals surface area contributed by atoms with Gasteiger partial charge in [0.15, 0.2) is 0 Å². The van der Waals surface area contributed by atoms with E-state index in [9.17, 15) is 4.79 Å². The van der Waals surface area contributed by atoms with Crippen molar-refractivity contribution in [2.24, 2.45) is 0 Å². The second-order valence-corrected chi connectivity index (χ2v) is 7.76. The number of amides is 1. The minimum absolute atomic E-state index is 0.121. The Hall–Kier alpha value is -1.59. The molecule has 5 rings (SSSR count). The molecule has 0 radical (unpaired) electrons. The Balaban J connectivity index is 1.48. The van der Waals surface area contributed by atoms with Crippen LogP contribution in [0.25, 0.3) is 0 Å². The molecule has 2 N–H and O–H groups in total. The van der Waals surface area contributed by atoms with Crippen molar-refractivity contribution in [3.05, 3.63) is 28.8 Å². The Morgan fingerprint density at radius 3 is 2.83 bits per heavy atom. The number of benzene rings is 1. The van der Waals surface area contributed by atoms with Gasteiger partial charge in [0.1, 0.15) is 5.75 Å². The molecule has 24 heavy (non-hydrogen) atoms. The lowest BCUT2D eigenvalue weighted by Crippen LogP contribution is -2.46. The van der Waals surface area contributed by atoms with Gasteiger partial charge in [-0.2, -0.15) is 0 Å². The summed E-state index contributed by atoms with van der Waals surface area (Å²) >= 11 is 0. The lowest BCUT2D eigenvalue weighted by molar-refractivity contribution is 0.0674. The maximum absolute atomic E-state index is 13.0. The molecule has 2 fully saturated rings. The summed E-state index contributed by atoms with van der Waals surface area (Å²) in [5.41, 5.74) is 3.47. The van der Waals surface area contributed by atoms with Gasteiger partial charge in [-0.1, -0.05) is 0 Å². The molecule has 1 unspecified atom stereocenters. The van der Waals surface area contributed by atoms with Gasteiger partial charge in [-0.15, -0.1) is 0 Å². The van der Waals surface area contributed by atoms with Gasteiger partial charge in [-0.25, -0.2) is 0 Å². The third-order valence-corrected chi connectivity index (χ3v) is 6.38.